The van der Waals surface area contributed by atoms with Gasteiger partial charge in [0, 0.05) is 6.54 Å². The summed E-state index contributed by atoms with van der Waals surface area (Å²) in [6.07, 6.45) is 1.73. The van der Waals surface area contributed by atoms with Crippen molar-refractivity contribution in [1.82, 2.24) is 10.3 Å². The van der Waals surface area contributed by atoms with Gasteiger partial charge in [0.05, 0.1) is 11.9 Å². The number of hydrogen-bond donors (Lipinski definition) is 1. The number of aromatic nitrogens is 1. The van der Waals surface area contributed by atoms with Crippen LogP contribution in [0.4, 0.5) is 0 Å². The van der Waals surface area contributed by atoms with E-state index in [0.29, 0.717) is 13.2 Å². The summed E-state index contributed by atoms with van der Waals surface area (Å²) in [5.74, 6) is 1.62. The van der Waals surface area contributed by atoms with Gasteiger partial charge >= 0.3 is 0 Å². The van der Waals surface area contributed by atoms with E-state index in [1.165, 1.54) is 0 Å². The molecule has 4 nitrogen and oxygen atoms in total. The highest BCUT2D eigenvalue weighted by Gasteiger charge is 1.97. The second-order valence-corrected chi connectivity index (χ2v) is 4.03. The summed E-state index contributed by atoms with van der Waals surface area (Å²) in [5.41, 5.74) is 0.996. The first-order chi connectivity index (χ1) is 9.38. The lowest BCUT2D eigenvalue weighted by atomic mass is 10.3. The van der Waals surface area contributed by atoms with Crippen LogP contribution < -0.4 is 14.8 Å². The van der Waals surface area contributed by atoms with Crippen LogP contribution >= 0.6 is 0 Å². The largest absolute Gasteiger partial charge is 0.490 e. The molecule has 0 fully saturated rings. The Morgan fingerprint density at radius 2 is 1.68 bits per heavy atom. The van der Waals surface area contributed by atoms with E-state index in [-0.39, 0.29) is 0 Å². The zero-order valence-electron chi connectivity index (χ0n) is 11.0. The molecule has 0 spiro atoms. The van der Waals surface area contributed by atoms with E-state index in [9.17, 15) is 0 Å². The number of benzene rings is 1. The van der Waals surface area contributed by atoms with Gasteiger partial charge in [-0.25, -0.2) is 0 Å². The van der Waals surface area contributed by atoms with Gasteiger partial charge in [-0.05, 0) is 31.3 Å². The lowest BCUT2D eigenvalue weighted by Gasteiger charge is -2.08. The van der Waals surface area contributed by atoms with Crippen molar-refractivity contribution in [2.75, 3.05) is 20.3 Å². The summed E-state index contributed by atoms with van der Waals surface area (Å²) in [6, 6.07) is 13.6. The normalized spacial score (nSPS) is 10.2. The molecule has 0 amide bonds. The molecule has 0 saturated heterocycles. The molecule has 0 aliphatic rings. The van der Waals surface area contributed by atoms with E-state index in [2.05, 4.69) is 10.3 Å². The van der Waals surface area contributed by atoms with Gasteiger partial charge in [0.2, 0.25) is 0 Å². The average Bonchev–Trinajstić information content (AvgIpc) is 2.47. The zero-order chi connectivity index (χ0) is 13.3. The summed E-state index contributed by atoms with van der Waals surface area (Å²) >= 11 is 0. The van der Waals surface area contributed by atoms with Gasteiger partial charge in [-0.2, -0.15) is 0 Å². The van der Waals surface area contributed by atoms with Gasteiger partial charge in [-0.3, -0.25) is 4.98 Å². The van der Waals surface area contributed by atoms with Gasteiger partial charge < -0.3 is 14.8 Å². The SMILES string of the molecule is CNCc1ccc(OCCOc2ccccc2)cn1. The minimum absolute atomic E-state index is 0.502. The Balaban J connectivity index is 1.70. The molecule has 0 saturated carbocycles. The first-order valence-electron chi connectivity index (χ1n) is 6.28. The second-order valence-electron chi connectivity index (χ2n) is 4.03. The predicted molar refractivity (Wildman–Crippen MR) is 74.4 cm³/mol. The van der Waals surface area contributed by atoms with Crippen molar-refractivity contribution in [2.45, 2.75) is 6.54 Å². The molecule has 19 heavy (non-hydrogen) atoms. The third-order valence-electron chi connectivity index (χ3n) is 2.52. The fourth-order valence-corrected chi connectivity index (χ4v) is 1.62. The van der Waals surface area contributed by atoms with Crippen LogP contribution in [-0.2, 0) is 6.54 Å². The van der Waals surface area contributed by atoms with E-state index in [0.717, 1.165) is 23.7 Å². The molecule has 1 aromatic carbocycles. The third kappa shape index (κ3) is 4.60. The van der Waals surface area contributed by atoms with E-state index in [1.54, 1.807) is 6.20 Å². The first-order valence-corrected chi connectivity index (χ1v) is 6.28. The van der Waals surface area contributed by atoms with Crippen LogP contribution in [0.5, 0.6) is 11.5 Å². The second kappa shape index (κ2) is 7.38. The standard InChI is InChI=1S/C15H18N2O2/c1-16-11-13-7-8-15(12-17-13)19-10-9-18-14-5-3-2-4-6-14/h2-8,12,16H,9-11H2,1H3. The van der Waals surface area contributed by atoms with Crippen LogP contribution in [0.3, 0.4) is 0 Å². The number of nitrogens with zero attached hydrogens (tertiary/aromatic N) is 1. The topological polar surface area (TPSA) is 43.4 Å². The quantitative estimate of drug-likeness (QED) is 0.774. The average molecular weight is 258 g/mol. The molecular weight excluding hydrogens is 240 g/mol. The highest BCUT2D eigenvalue weighted by atomic mass is 16.5. The Morgan fingerprint density at radius 1 is 0.947 bits per heavy atom. The summed E-state index contributed by atoms with van der Waals surface area (Å²) in [7, 11) is 1.90. The summed E-state index contributed by atoms with van der Waals surface area (Å²) in [4.78, 5) is 4.28. The van der Waals surface area contributed by atoms with Crippen molar-refractivity contribution in [3.8, 4) is 11.5 Å². The monoisotopic (exact) mass is 258 g/mol. The molecule has 0 aliphatic heterocycles. The van der Waals surface area contributed by atoms with E-state index in [4.69, 9.17) is 9.47 Å². The fraction of sp³-hybridized carbons (Fsp3) is 0.267. The van der Waals surface area contributed by atoms with Crippen molar-refractivity contribution in [1.29, 1.82) is 0 Å². The fourth-order valence-electron chi connectivity index (χ4n) is 1.62. The number of hydrogen-bond acceptors (Lipinski definition) is 4. The summed E-state index contributed by atoms with van der Waals surface area (Å²) in [6.45, 7) is 1.78. The van der Waals surface area contributed by atoms with Crippen molar-refractivity contribution in [3.05, 3.63) is 54.4 Å². The van der Waals surface area contributed by atoms with Crippen LogP contribution in [0.15, 0.2) is 48.7 Å². The van der Waals surface area contributed by atoms with Crippen LogP contribution in [0.1, 0.15) is 5.69 Å². The lowest BCUT2D eigenvalue weighted by molar-refractivity contribution is 0.216. The molecule has 1 N–H and O–H groups in total. The number of rotatable bonds is 7. The maximum Gasteiger partial charge on any atom is 0.137 e. The lowest BCUT2D eigenvalue weighted by Crippen LogP contribution is -2.10. The van der Waals surface area contributed by atoms with Crippen molar-refractivity contribution in [3.63, 3.8) is 0 Å². The Labute approximate surface area is 113 Å². The molecule has 100 valence electrons. The Bertz CT molecular complexity index is 471. The van der Waals surface area contributed by atoms with E-state index < -0.39 is 0 Å². The summed E-state index contributed by atoms with van der Waals surface area (Å²) in [5, 5.41) is 3.05. The molecule has 0 unspecified atom stereocenters. The van der Waals surface area contributed by atoms with E-state index >= 15 is 0 Å². The van der Waals surface area contributed by atoms with Crippen molar-refractivity contribution in [2.24, 2.45) is 0 Å². The van der Waals surface area contributed by atoms with E-state index in [1.807, 2.05) is 49.5 Å². The Kier molecular flexibility index (Phi) is 5.19. The minimum atomic E-state index is 0.502. The number of nitrogens with one attached hydrogen (secondary N) is 1. The molecular formula is C15H18N2O2. The number of ether oxygens (including phenoxy) is 2. The molecule has 1 aromatic heterocycles. The van der Waals surface area contributed by atoms with Gasteiger partial charge in [0.15, 0.2) is 0 Å². The van der Waals surface area contributed by atoms with Gasteiger partial charge in [0.25, 0.3) is 0 Å². The smallest absolute Gasteiger partial charge is 0.137 e. The maximum atomic E-state index is 5.55. The molecule has 0 radical (unpaired) electrons. The van der Waals surface area contributed by atoms with Gasteiger partial charge in [-0.1, -0.05) is 18.2 Å². The highest BCUT2D eigenvalue weighted by Crippen LogP contribution is 2.10. The molecule has 0 bridgehead atoms. The van der Waals surface area contributed by atoms with Crippen LogP contribution in [0.25, 0.3) is 0 Å². The minimum Gasteiger partial charge on any atom is -0.490 e. The summed E-state index contributed by atoms with van der Waals surface area (Å²) < 4.78 is 11.1. The third-order valence-corrected chi connectivity index (χ3v) is 2.52. The van der Waals surface area contributed by atoms with Crippen LogP contribution in [-0.4, -0.2) is 25.2 Å². The Morgan fingerprint density at radius 3 is 2.32 bits per heavy atom. The first kappa shape index (κ1) is 13.4. The highest BCUT2D eigenvalue weighted by molar-refractivity contribution is 5.21. The molecule has 0 atom stereocenters. The number of pyridine rings is 1. The maximum absolute atomic E-state index is 5.55. The molecule has 4 heteroatoms. The Hall–Kier alpha value is -2.07. The van der Waals surface area contributed by atoms with Crippen LogP contribution in [0, 0.1) is 0 Å². The van der Waals surface area contributed by atoms with Crippen molar-refractivity contribution < 1.29 is 9.47 Å². The predicted octanol–water partition coefficient (Wildman–Crippen LogP) is 2.26. The van der Waals surface area contributed by atoms with Crippen LogP contribution in [0.2, 0.25) is 0 Å². The van der Waals surface area contributed by atoms with Gasteiger partial charge in [0.1, 0.15) is 24.7 Å². The number of para-hydroxylation sites is 1. The van der Waals surface area contributed by atoms with Crippen molar-refractivity contribution >= 4 is 0 Å². The zero-order valence-corrected chi connectivity index (χ0v) is 11.0. The molecule has 2 aromatic rings. The molecule has 0 aliphatic carbocycles. The van der Waals surface area contributed by atoms with Gasteiger partial charge in [-0.15, -0.1) is 0 Å². The molecule has 2 rings (SSSR count). The molecule has 1 heterocycles.